The average molecular weight is 622 g/mol. The molecule has 3 unspecified atom stereocenters. The predicted molar refractivity (Wildman–Crippen MR) is 144 cm³/mol. The van der Waals surface area contributed by atoms with Crippen molar-refractivity contribution in [2.45, 2.75) is 55.6 Å². The molecule has 2 aliphatic heterocycles. The molecular weight excluding hydrogens is 592 g/mol. The Kier molecular flexibility index (Phi) is 8.51. The molecule has 3 atom stereocenters. The molecule has 4 rings (SSSR count). The quantitative estimate of drug-likeness (QED) is 0.488. The van der Waals surface area contributed by atoms with Gasteiger partial charge < -0.3 is 9.80 Å². The fourth-order valence-corrected chi connectivity index (χ4v) is 7.43. The Bertz CT molecular complexity index is 1400. The maximum Gasteiger partial charge on any atom is 0.416 e. The van der Waals surface area contributed by atoms with E-state index >= 15 is 0 Å². The first-order chi connectivity index (χ1) is 18.5. The Hall–Kier alpha value is -2.38. The summed E-state index contributed by atoms with van der Waals surface area (Å²) in [6, 6.07) is 5.95. The maximum absolute atomic E-state index is 14.0. The Morgan fingerprint density at radius 3 is 2.15 bits per heavy atom. The van der Waals surface area contributed by atoms with Crippen molar-refractivity contribution in [1.82, 2.24) is 19.0 Å². The molecule has 0 aliphatic carbocycles. The van der Waals surface area contributed by atoms with Crippen LogP contribution < -0.4 is 0 Å². The smallest absolute Gasteiger partial charge is 0.335 e. The highest BCUT2D eigenvalue weighted by molar-refractivity contribution is 7.89. The third-order valence-corrected chi connectivity index (χ3v) is 9.83. The van der Waals surface area contributed by atoms with Gasteiger partial charge in [-0.1, -0.05) is 35.3 Å². The summed E-state index contributed by atoms with van der Waals surface area (Å²) < 4.78 is 68.6. The number of amides is 2. The number of piperazine rings is 1. The summed E-state index contributed by atoms with van der Waals surface area (Å²) in [5.41, 5.74) is -0.447. The summed E-state index contributed by atoms with van der Waals surface area (Å²) in [4.78, 5) is 31.7. The minimum atomic E-state index is -4.53. The molecule has 0 bridgehead atoms. The number of nitrogens with zero attached hydrogens (tertiary/aromatic N) is 4. The van der Waals surface area contributed by atoms with Crippen LogP contribution in [0.1, 0.15) is 25.0 Å². The second-order valence-electron chi connectivity index (χ2n) is 10.4. The van der Waals surface area contributed by atoms with E-state index in [0.29, 0.717) is 5.56 Å². The second kappa shape index (κ2) is 11.1. The molecule has 0 radical (unpaired) electrons. The first-order valence-electron chi connectivity index (χ1n) is 12.5. The van der Waals surface area contributed by atoms with Gasteiger partial charge in [0, 0.05) is 24.0 Å². The molecular formula is C26H29Cl2F3N4O4S. The van der Waals surface area contributed by atoms with Crippen LogP contribution in [-0.4, -0.2) is 90.7 Å². The molecule has 0 aromatic heterocycles. The molecule has 40 heavy (non-hydrogen) atoms. The van der Waals surface area contributed by atoms with Crippen molar-refractivity contribution in [3.05, 3.63) is 63.6 Å². The van der Waals surface area contributed by atoms with Crippen LogP contribution in [0.5, 0.6) is 0 Å². The SMILES string of the molecule is CC(C)N1CC2N(C(=O)C(N(C)C)CN2S(=O)(=O)c2ccc(Cl)cc2Cl)C(Cc2ccc(C(F)(F)F)cc2)C1=O. The molecule has 2 saturated heterocycles. The molecule has 2 aliphatic rings. The van der Waals surface area contributed by atoms with E-state index in [-0.39, 0.29) is 40.5 Å². The van der Waals surface area contributed by atoms with Crippen LogP contribution in [0.25, 0.3) is 0 Å². The highest BCUT2D eigenvalue weighted by Gasteiger charge is 2.54. The Morgan fingerprint density at radius 1 is 1.00 bits per heavy atom. The molecule has 0 N–H and O–H groups in total. The van der Waals surface area contributed by atoms with Crippen LogP contribution in [0.3, 0.4) is 0 Å². The standard InChI is InChI=1S/C26H29Cl2F3N4O4S/c1-15(2)33-14-23-34(40(38,39)22-10-9-18(27)12-19(22)28)13-21(32(3)4)25(37)35(23)20(24(33)36)11-16-5-7-17(8-6-16)26(29,30)31/h5-10,12,15,20-21,23H,11,13-14H2,1-4H3. The van der Waals surface area contributed by atoms with Crippen molar-refractivity contribution >= 4 is 45.0 Å². The number of halogens is 5. The lowest BCUT2D eigenvalue weighted by Gasteiger charge is -2.54. The molecule has 2 aromatic rings. The van der Waals surface area contributed by atoms with E-state index in [4.69, 9.17) is 23.2 Å². The van der Waals surface area contributed by atoms with Gasteiger partial charge in [0.15, 0.2) is 0 Å². The van der Waals surface area contributed by atoms with Crippen molar-refractivity contribution in [3.8, 4) is 0 Å². The van der Waals surface area contributed by atoms with E-state index in [0.717, 1.165) is 12.1 Å². The van der Waals surface area contributed by atoms with E-state index in [1.54, 1.807) is 32.8 Å². The molecule has 2 heterocycles. The highest BCUT2D eigenvalue weighted by Crippen LogP contribution is 2.36. The van der Waals surface area contributed by atoms with E-state index in [1.807, 2.05) is 0 Å². The molecule has 0 saturated carbocycles. The Balaban J connectivity index is 1.82. The summed E-state index contributed by atoms with van der Waals surface area (Å²) >= 11 is 12.3. The predicted octanol–water partition coefficient (Wildman–Crippen LogP) is 3.96. The highest BCUT2D eigenvalue weighted by atomic mass is 35.5. The number of fused-ring (bicyclic) bond motifs is 1. The summed E-state index contributed by atoms with van der Waals surface area (Å²) in [5.74, 6) is -0.863. The molecule has 2 aromatic carbocycles. The third-order valence-electron chi connectivity index (χ3n) is 7.25. The van der Waals surface area contributed by atoms with E-state index < -0.39 is 51.8 Å². The minimum Gasteiger partial charge on any atom is -0.335 e. The number of alkyl halides is 3. The Labute approximate surface area is 241 Å². The van der Waals surface area contributed by atoms with Crippen LogP contribution in [0.15, 0.2) is 47.4 Å². The van der Waals surface area contributed by atoms with Gasteiger partial charge in [0.1, 0.15) is 23.1 Å². The zero-order chi connectivity index (χ0) is 29.7. The normalized spacial score (nSPS) is 22.8. The van der Waals surface area contributed by atoms with Gasteiger partial charge in [-0.2, -0.15) is 17.5 Å². The van der Waals surface area contributed by atoms with Gasteiger partial charge in [-0.05, 0) is 63.8 Å². The van der Waals surface area contributed by atoms with E-state index in [2.05, 4.69) is 0 Å². The third kappa shape index (κ3) is 5.69. The number of rotatable bonds is 6. The van der Waals surface area contributed by atoms with Gasteiger partial charge in [0.05, 0.1) is 17.1 Å². The number of benzene rings is 2. The zero-order valence-corrected chi connectivity index (χ0v) is 24.5. The number of likely N-dealkylation sites (N-methyl/N-ethyl adjacent to an activating group) is 1. The zero-order valence-electron chi connectivity index (χ0n) is 22.2. The summed E-state index contributed by atoms with van der Waals surface area (Å²) in [6.07, 6.45) is -5.70. The van der Waals surface area contributed by atoms with Gasteiger partial charge in [-0.25, -0.2) is 8.42 Å². The number of sulfonamides is 1. The maximum atomic E-state index is 14.0. The monoisotopic (exact) mass is 620 g/mol. The Morgan fingerprint density at radius 2 is 1.62 bits per heavy atom. The van der Waals surface area contributed by atoms with Crippen molar-refractivity contribution in [2.75, 3.05) is 27.2 Å². The van der Waals surface area contributed by atoms with Crippen molar-refractivity contribution < 1.29 is 31.2 Å². The number of carbonyl (C=O) groups excluding carboxylic acids is 2. The molecule has 8 nitrogen and oxygen atoms in total. The first-order valence-corrected chi connectivity index (χ1v) is 14.7. The summed E-state index contributed by atoms with van der Waals surface area (Å²) in [7, 11) is -1.05. The van der Waals surface area contributed by atoms with Gasteiger partial charge in [0.25, 0.3) is 0 Å². The van der Waals surface area contributed by atoms with Crippen molar-refractivity contribution in [3.63, 3.8) is 0 Å². The van der Waals surface area contributed by atoms with Gasteiger partial charge in [-0.3, -0.25) is 14.5 Å². The van der Waals surface area contributed by atoms with Gasteiger partial charge >= 0.3 is 6.18 Å². The second-order valence-corrected chi connectivity index (χ2v) is 13.1. The fourth-order valence-electron chi connectivity index (χ4n) is 5.10. The molecule has 0 spiro atoms. The fraction of sp³-hybridized carbons (Fsp3) is 0.462. The summed E-state index contributed by atoms with van der Waals surface area (Å²) in [5, 5.41) is 0.155. The van der Waals surface area contributed by atoms with Crippen LogP contribution in [-0.2, 0) is 32.2 Å². The average Bonchev–Trinajstić information content (AvgIpc) is 2.84. The van der Waals surface area contributed by atoms with Crippen molar-refractivity contribution in [1.29, 1.82) is 0 Å². The molecule has 218 valence electrons. The van der Waals surface area contributed by atoms with Crippen LogP contribution in [0.4, 0.5) is 13.2 Å². The van der Waals surface area contributed by atoms with Crippen LogP contribution in [0.2, 0.25) is 10.0 Å². The topological polar surface area (TPSA) is 81.2 Å². The lowest BCUT2D eigenvalue weighted by atomic mass is 9.95. The van der Waals surface area contributed by atoms with E-state index in [1.165, 1.54) is 44.4 Å². The van der Waals surface area contributed by atoms with Gasteiger partial charge in [-0.15, -0.1) is 0 Å². The lowest BCUT2D eigenvalue weighted by molar-refractivity contribution is -0.171. The number of hydrogen-bond donors (Lipinski definition) is 0. The molecule has 14 heteroatoms. The van der Waals surface area contributed by atoms with Crippen LogP contribution in [0, 0.1) is 0 Å². The summed E-state index contributed by atoms with van der Waals surface area (Å²) in [6.45, 7) is 3.26. The largest absolute Gasteiger partial charge is 0.416 e. The van der Waals surface area contributed by atoms with Gasteiger partial charge in [0.2, 0.25) is 21.8 Å². The first kappa shape index (κ1) is 30.6. The number of carbonyl (C=O) groups is 2. The minimum absolute atomic E-state index is 0.0870. The number of hydrogen-bond acceptors (Lipinski definition) is 5. The lowest BCUT2D eigenvalue weighted by Crippen LogP contribution is -2.76. The van der Waals surface area contributed by atoms with Crippen LogP contribution >= 0.6 is 23.2 Å². The molecule has 2 amide bonds. The van der Waals surface area contributed by atoms with E-state index in [9.17, 15) is 31.2 Å². The van der Waals surface area contributed by atoms with Crippen molar-refractivity contribution in [2.24, 2.45) is 0 Å². The molecule has 2 fully saturated rings.